The van der Waals surface area contributed by atoms with Gasteiger partial charge in [0.15, 0.2) is 0 Å². The van der Waals surface area contributed by atoms with E-state index in [4.69, 9.17) is 10.2 Å². The zero-order valence-electron chi connectivity index (χ0n) is 20.4. The van der Waals surface area contributed by atoms with Gasteiger partial charge in [0.2, 0.25) is 0 Å². The minimum Gasteiger partial charge on any atom is -0.508 e. The quantitative estimate of drug-likeness (QED) is 0.192. The van der Waals surface area contributed by atoms with E-state index in [1.54, 1.807) is 24.3 Å². The molecule has 36 heavy (non-hydrogen) atoms. The van der Waals surface area contributed by atoms with Crippen molar-refractivity contribution < 1.29 is 30.6 Å². The van der Waals surface area contributed by atoms with Crippen LogP contribution in [0.25, 0.3) is 0 Å². The van der Waals surface area contributed by atoms with E-state index in [1.165, 1.54) is 0 Å². The molecular weight excluding hydrogens is 456 g/mol. The van der Waals surface area contributed by atoms with E-state index in [1.807, 2.05) is 48.5 Å². The Labute approximate surface area is 211 Å². The van der Waals surface area contributed by atoms with Crippen LogP contribution in [0.4, 0.5) is 0 Å². The summed E-state index contributed by atoms with van der Waals surface area (Å²) in [5.74, 6) is 0.812. The molecule has 0 atom stereocenters. The lowest BCUT2D eigenvalue weighted by molar-refractivity contribution is 0.399. The van der Waals surface area contributed by atoms with Gasteiger partial charge in [0.25, 0.3) is 0 Å². The summed E-state index contributed by atoms with van der Waals surface area (Å²) in [5.41, 5.74) is 7.15. The van der Waals surface area contributed by atoms with Crippen LogP contribution in [0.2, 0.25) is 0 Å². The van der Waals surface area contributed by atoms with Crippen LogP contribution in [-0.4, -0.2) is 44.9 Å². The molecule has 188 valence electrons. The molecule has 0 amide bonds. The molecule has 0 saturated carbocycles. The van der Waals surface area contributed by atoms with E-state index < -0.39 is 0 Å². The number of phenols is 4. The molecule has 0 fully saturated rings. The smallest absolute Gasteiger partial charge is 0.119 e. The topological polar surface area (TPSA) is 121 Å². The number of fused-ring (bicyclic) bond motifs is 8. The number of aliphatic hydroxyl groups excluding tert-OH is 2. The molecule has 1 aliphatic carbocycles. The van der Waals surface area contributed by atoms with Crippen LogP contribution in [0.15, 0.2) is 72.8 Å². The van der Waals surface area contributed by atoms with Crippen molar-refractivity contribution in [2.24, 2.45) is 0 Å². The third kappa shape index (κ3) is 6.16. The van der Waals surface area contributed by atoms with E-state index >= 15 is 0 Å². The third-order valence-corrected chi connectivity index (χ3v) is 6.15. The highest BCUT2D eigenvalue weighted by Crippen LogP contribution is 2.31. The number of aliphatic hydroxyl groups is 2. The van der Waals surface area contributed by atoms with Crippen molar-refractivity contribution in [1.82, 2.24) is 0 Å². The first-order valence-electron chi connectivity index (χ1n) is 11.6. The maximum atomic E-state index is 10.4. The van der Waals surface area contributed by atoms with Gasteiger partial charge < -0.3 is 30.6 Å². The predicted octanol–water partition coefficient (Wildman–Crippen LogP) is 4.40. The molecule has 5 rings (SSSR count). The number of hydrogen-bond donors (Lipinski definition) is 6. The highest BCUT2D eigenvalue weighted by Gasteiger charge is 2.13. The first kappa shape index (κ1) is 26.6. The summed E-state index contributed by atoms with van der Waals surface area (Å²) in [4.78, 5) is 0. The van der Waals surface area contributed by atoms with Crippen molar-refractivity contribution in [3.05, 3.63) is 117 Å². The molecule has 4 aromatic carbocycles. The van der Waals surface area contributed by atoms with Crippen LogP contribution in [-0.2, 0) is 25.7 Å². The number of hydrogen-bond acceptors (Lipinski definition) is 6. The van der Waals surface area contributed by atoms with Gasteiger partial charge in [-0.05, 0) is 81.6 Å². The maximum Gasteiger partial charge on any atom is 0.119 e. The highest BCUT2D eigenvalue weighted by atomic mass is 16.3. The molecule has 0 unspecified atom stereocenters. The Kier molecular flexibility index (Phi) is 8.95. The lowest BCUT2D eigenvalue weighted by Crippen LogP contribution is -1.99. The summed E-state index contributed by atoms with van der Waals surface area (Å²) < 4.78 is 0. The Morgan fingerprint density at radius 2 is 0.583 bits per heavy atom. The minimum absolute atomic E-state index is 0.203. The molecule has 6 heteroatoms. The van der Waals surface area contributed by atoms with Crippen molar-refractivity contribution in [3.8, 4) is 23.0 Å². The predicted molar refractivity (Wildman–Crippen MR) is 140 cm³/mol. The fraction of sp³-hybridized carbons (Fsp3) is 0.200. The van der Waals surface area contributed by atoms with E-state index in [9.17, 15) is 20.4 Å². The Morgan fingerprint density at radius 3 is 0.806 bits per heavy atom. The third-order valence-electron chi connectivity index (χ3n) is 6.15. The molecule has 0 radical (unpaired) electrons. The molecule has 0 heterocycles. The van der Waals surface area contributed by atoms with Gasteiger partial charge in [-0.2, -0.15) is 0 Å². The molecule has 8 bridgehead atoms. The summed E-state index contributed by atoms with van der Waals surface area (Å²) in [6.07, 6.45) is 2.11. The zero-order valence-corrected chi connectivity index (χ0v) is 20.4. The molecule has 6 nitrogen and oxygen atoms in total. The number of aromatic hydroxyl groups is 4. The summed E-state index contributed by atoms with van der Waals surface area (Å²) >= 11 is 0. The Hall–Kier alpha value is -4.00. The van der Waals surface area contributed by atoms with Gasteiger partial charge in [-0.3, -0.25) is 0 Å². The zero-order chi connectivity index (χ0) is 26.2. The van der Waals surface area contributed by atoms with Crippen molar-refractivity contribution in [2.45, 2.75) is 25.7 Å². The lowest BCUT2D eigenvalue weighted by Gasteiger charge is -2.14. The van der Waals surface area contributed by atoms with E-state index in [-0.39, 0.29) is 23.0 Å². The average Bonchev–Trinajstić information content (AvgIpc) is 2.89. The van der Waals surface area contributed by atoms with Gasteiger partial charge in [-0.15, -0.1) is 0 Å². The molecule has 0 aliphatic heterocycles. The average molecular weight is 489 g/mol. The van der Waals surface area contributed by atoms with Gasteiger partial charge in [0, 0.05) is 27.1 Å². The highest BCUT2D eigenvalue weighted by molar-refractivity contribution is 5.49. The minimum atomic E-state index is 0.203. The van der Waals surface area contributed by atoms with Crippen molar-refractivity contribution in [2.75, 3.05) is 14.2 Å². The van der Waals surface area contributed by atoms with E-state index in [2.05, 4.69) is 0 Å². The van der Waals surface area contributed by atoms with Gasteiger partial charge in [-0.25, -0.2) is 0 Å². The summed E-state index contributed by atoms with van der Waals surface area (Å²) in [5, 5.41) is 55.7. The van der Waals surface area contributed by atoms with Crippen LogP contribution >= 0.6 is 0 Å². The van der Waals surface area contributed by atoms with Crippen LogP contribution < -0.4 is 0 Å². The normalized spacial score (nSPS) is 11.9. The van der Waals surface area contributed by atoms with Crippen LogP contribution in [0.3, 0.4) is 0 Å². The molecule has 0 saturated heterocycles. The van der Waals surface area contributed by atoms with Crippen molar-refractivity contribution in [1.29, 1.82) is 0 Å². The second kappa shape index (κ2) is 12.1. The van der Waals surface area contributed by atoms with Crippen LogP contribution in [0.5, 0.6) is 23.0 Å². The van der Waals surface area contributed by atoms with E-state index in [0.29, 0.717) is 25.7 Å². The first-order valence-corrected chi connectivity index (χ1v) is 11.6. The summed E-state index contributed by atoms with van der Waals surface area (Å²) in [6, 6.07) is 22.2. The molecule has 0 spiro atoms. The standard InChI is InChI=1S/C28H24O4.2CH4O/c29-25-5-1-17-9-18-2-6-26(30)22(12-18)16-24-14-20(4-8-28(24)32)10-19-3-7-27(31)23(13-19)15-21(25)11-17;2*1-2/h1-8,11-14,29-32H,9-10,15-16H2;2*2H,1H3. The number of rotatable bonds is 0. The van der Waals surface area contributed by atoms with Gasteiger partial charge in [0.05, 0.1) is 0 Å². The van der Waals surface area contributed by atoms with Crippen molar-refractivity contribution >= 4 is 0 Å². The van der Waals surface area contributed by atoms with Gasteiger partial charge in [0.1, 0.15) is 23.0 Å². The number of phenolic OH excluding ortho intramolecular Hbond substituents is 4. The van der Waals surface area contributed by atoms with Crippen molar-refractivity contribution in [3.63, 3.8) is 0 Å². The van der Waals surface area contributed by atoms with E-state index in [0.717, 1.165) is 58.7 Å². The lowest BCUT2D eigenvalue weighted by atomic mass is 9.93. The Bertz CT molecular complexity index is 1130. The SMILES string of the molecule is CO.CO.Oc1ccc2cc1Cc1cc(ccc1O)Cc1ccc(O)c(c1)Cc1cc(ccc1O)C2. The first-order chi connectivity index (χ1) is 17.4. The largest absolute Gasteiger partial charge is 0.508 e. The molecule has 0 aromatic heterocycles. The summed E-state index contributed by atoms with van der Waals surface area (Å²) in [7, 11) is 2.00. The molecular formula is C30H32O6. The second-order valence-corrected chi connectivity index (χ2v) is 8.56. The second-order valence-electron chi connectivity index (χ2n) is 8.56. The van der Waals surface area contributed by atoms with Gasteiger partial charge in [-0.1, -0.05) is 48.5 Å². The molecule has 4 aromatic rings. The Morgan fingerprint density at radius 1 is 0.361 bits per heavy atom. The monoisotopic (exact) mass is 488 g/mol. The van der Waals surface area contributed by atoms with Crippen LogP contribution in [0.1, 0.15) is 44.5 Å². The molecule has 1 aliphatic rings. The fourth-order valence-electron chi connectivity index (χ4n) is 4.44. The van der Waals surface area contributed by atoms with Crippen LogP contribution in [0, 0.1) is 0 Å². The maximum absolute atomic E-state index is 10.4. The number of benzene rings is 4. The van der Waals surface area contributed by atoms with Gasteiger partial charge >= 0.3 is 0 Å². The summed E-state index contributed by atoms with van der Waals surface area (Å²) in [6.45, 7) is 0. The Balaban J connectivity index is 0.000000861. The molecule has 6 N–H and O–H groups in total. The fourth-order valence-corrected chi connectivity index (χ4v) is 4.44.